The topological polar surface area (TPSA) is 63.7 Å². The van der Waals surface area contributed by atoms with Crippen molar-refractivity contribution in [2.75, 3.05) is 25.5 Å². The van der Waals surface area contributed by atoms with Crippen LogP contribution < -0.4 is 10.1 Å². The maximum atomic E-state index is 12.2. The van der Waals surface area contributed by atoms with E-state index < -0.39 is 5.60 Å². The molecule has 3 rings (SSSR count). The summed E-state index contributed by atoms with van der Waals surface area (Å²) >= 11 is 0. The molecule has 1 aromatic rings. The van der Waals surface area contributed by atoms with Gasteiger partial charge in [-0.15, -0.1) is 0 Å². The molecule has 2 aliphatic rings. The molecule has 2 bridgehead atoms. The van der Waals surface area contributed by atoms with Crippen LogP contribution in [-0.2, 0) is 4.74 Å². The van der Waals surface area contributed by atoms with Crippen molar-refractivity contribution in [3.63, 3.8) is 0 Å². The molecule has 2 unspecified atom stereocenters. The highest BCUT2D eigenvalue weighted by atomic mass is 16.6. The van der Waals surface area contributed by atoms with E-state index in [9.17, 15) is 4.79 Å². The number of carbonyl (C=O) groups is 1. The number of methoxy groups -OCH3 is 1. The predicted octanol–water partition coefficient (Wildman–Crippen LogP) is 2.76. The fourth-order valence-electron chi connectivity index (χ4n) is 3.38. The van der Waals surface area contributed by atoms with Gasteiger partial charge in [0, 0.05) is 25.2 Å². The number of rotatable bonds is 3. The second kappa shape index (κ2) is 5.91. The van der Waals surface area contributed by atoms with Crippen LogP contribution in [0, 0.1) is 11.8 Å². The third-order valence-corrected chi connectivity index (χ3v) is 4.46. The van der Waals surface area contributed by atoms with Crippen LogP contribution >= 0.6 is 0 Å². The largest absolute Gasteiger partial charge is 0.481 e. The number of likely N-dealkylation sites (tertiary alicyclic amines) is 1. The summed E-state index contributed by atoms with van der Waals surface area (Å²) in [4.78, 5) is 18.2. The summed E-state index contributed by atoms with van der Waals surface area (Å²) in [6.07, 6.45) is 2.76. The minimum absolute atomic E-state index is 0.197. The summed E-state index contributed by atoms with van der Waals surface area (Å²) in [6.45, 7) is 7.21. The SMILES string of the molecule is COc1ccc(NC2C3CC2CN(C(=O)OC(C)(C)C)C3)cn1. The number of piperidine rings is 2. The Balaban J connectivity index is 1.55. The highest BCUT2D eigenvalue weighted by Gasteiger charge is 2.48. The quantitative estimate of drug-likeness (QED) is 0.928. The third kappa shape index (κ3) is 3.51. The number of nitrogens with zero attached hydrogens (tertiary/aromatic N) is 2. The fraction of sp³-hybridized carbons (Fsp3) is 0.647. The van der Waals surface area contributed by atoms with Gasteiger partial charge in [0.15, 0.2) is 0 Å². The van der Waals surface area contributed by atoms with Crippen LogP contribution in [0.1, 0.15) is 27.2 Å². The van der Waals surface area contributed by atoms with Gasteiger partial charge in [0.2, 0.25) is 5.88 Å². The van der Waals surface area contributed by atoms with Gasteiger partial charge in [-0.05, 0) is 45.1 Å². The summed E-state index contributed by atoms with van der Waals surface area (Å²) in [6, 6.07) is 4.24. The van der Waals surface area contributed by atoms with E-state index >= 15 is 0 Å². The maximum absolute atomic E-state index is 12.2. The summed E-state index contributed by atoms with van der Waals surface area (Å²) < 4.78 is 10.5. The van der Waals surface area contributed by atoms with Crippen molar-refractivity contribution in [3.05, 3.63) is 18.3 Å². The van der Waals surface area contributed by atoms with Gasteiger partial charge < -0.3 is 19.7 Å². The first-order chi connectivity index (χ1) is 10.9. The molecule has 1 aliphatic heterocycles. The van der Waals surface area contributed by atoms with Crippen LogP contribution in [0.15, 0.2) is 18.3 Å². The fourth-order valence-corrected chi connectivity index (χ4v) is 3.38. The standard InChI is InChI=1S/C17H25N3O3/c1-17(2,3)23-16(21)20-9-11-7-12(10-20)15(11)19-13-5-6-14(22-4)18-8-13/h5-6,8,11-12,15,19H,7,9-10H2,1-4H3. The molecule has 2 heterocycles. The van der Waals surface area contributed by atoms with Crippen molar-refractivity contribution in [2.45, 2.75) is 38.8 Å². The molecule has 6 heteroatoms. The lowest BCUT2D eigenvalue weighted by molar-refractivity contribution is -0.0223. The molecule has 2 fully saturated rings. The number of nitrogens with one attached hydrogen (secondary N) is 1. The number of hydrogen-bond acceptors (Lipinski definition) is 5. The molecule has 126 valence electrons. The van der Waals surface area contributed by atoms with Crippen molar-refractivity contribution < 1.29 is 14.3 Å². The van der Waals surface area contributed by atoms with E-state index in [-0.39, 0.29) is 6.09 Å². The van der Waals surface area contributed by atoms with E-state index in [1.807, 2.05) is 37.8 Å². The molecule has 1 aliphatic carbocycles. The Labute approximate surface area is 137 Å². The van der Waals surface area contributed by atoms with Gasteiger partial charge in [-0.1, -0.05) is 0 Å². The van der Waals surface area contributed by atoms with Crippen LogP contribution in [0.2, 0.25) is 0 Å². The molecular formula is C17H25N3O3. The van der Waals surface area contributed by atoms with Crippen molar-refractivity contribution in [1.29, 1.82) is 0 Å². The minimum atomic E-state index is -0.439. The van der Waals surface area contributed by atoms with E-state index in [0.29, 0.717) is 23.8 Å². The molecule has 1 N–H and O–H groups in total. The number of pyridine rings is 1. The zero-order chi connectivity index (χ0) is 16.6. The number of anilines is 1. The molecule has 1 saturated heterocycles. The summed E-state index contributed by atoms with van der Waals surface area (Å²) in [5.74, 6) is 1.56. The van der Waals surface area contributed by atoms with Gasteiger partial charge in [-0.3, -0.25) is 0 Å². The average molecular weight is 319 g/mol. The Hall–Kier alpha value is -1.98. The van der Waals surface area contributed by atoms with Crippen LogP contribution in [0.3, 0.4) is 0 Å². The van der Waals surface area contributed by atoms with E-state index in [1.54, 1.807) is 13.3 Å². The number of aromatic nitrogens is 1. The zero-order valence-electron chi connectivity index (χ0n) is 14.2. The number of fused-ring (bicyclic) bond motifs is 2. The number of amides is 1. The zero-order valence-corrected chi connectivity index (χ0v) is 14.2. The van der Waals surface area contributed by atoms with E-state index in [4.69, 9.17) is 9.47 Å². The first-order valence-corrected chi connectivity index (χ1v) is 8.10. The normalized spacial score (nSPS) is 26.3. The summed E-state index contributed by atoms with van der Waals surface area (Å²) in [5, 5.41) is 3.54. The maximum Gasteiger partial charge on any atom is 0.410 e. The molecule has 0 spiro atoms. The number of ether oxygens (including phenoxy) is 2. The lowest BCUT2D eigenvalue weighted by Crippen LogP contribution is -2.62. The predicted molar refractivity (Wildman–Crippen MR) is 87.6 cm³/mol. The first-order valence-electron chi connectivity index (χ1n) is 8.10. The Morgan fingerprint density at radius 1 is 1.30 bits per heavy atom. The van der Waals surface area contributed by atoms with Crippen LogP contribution in [0.25, 0.3) is 0 Å². The second-order valence-corrected chi connectivity index (χ2v) is 7.40. The molecule has 1 saturated carbocycles. The Bertz CT molecular complexity index is 555. The van der Waals surface area contributed by atoms with Crippen molar-refractivity contribution in [3.8, 4) is 5.88 Å². The van der Waals surface area contributed by atoms with Crippen molar-refractivity contribution >= 4 is 11.8 Å². The molecule has 23 heavy (non-hydrogen) atoms. The third-order valence-electron chi connectivity index (χ3n) is 4.46. The average Bonchev–Trinajstić information content (AvgIpc) is 2.51. The Morgan fingerprint density at radius 2 is 2.00 bits per heavy atom. The van der Waals surface area contributed by atoms with Gasteiger partial charge >= 0.3 is 6.09 Å². The first kappa shape index (κ1) is 15.9. The van der Waals surface area contributed by atoms with Crippen LogP contribution in [0.4, 0.5) is 10.5 Å². The highest BCUT2D eigenvalue weighted by molar-refractivity contribution is 5.68. The lowest BCUT2D eigenvalue weighted by atomic mass is 9.66. The van der Waals surface area contributed by atoms with Gasteiger partial charge in [-0.2, -0.15) is 0 Å². The van der Waals surface area contributed by atoms with Gasteiger partial charge in [-0.25, -0.2) is 9.78 Å². The summed E-state index contributed by atoms with van der Waals surface area (Å²) in [7, 11) is 1.61. The Morgan fingerprint density at radius 3 is 2.52 bits per heavy atom. The molecule has 2 atom stereocenters. The van der Waals surface area contributed by atoms with Crippen molar-refractivity contribution in [1.82, 2.24) is 9.88 Å². The number of carbonyl (C=O) groups excluding carboxylic acids is 1. The second-order valence-electron chi connectivity index (χ2n) is 7.40. The minimum Gasteiger partial charge on any atom is -0.481 e. The van der Waals surface area contributed by atoms with E-state index in [0.717, 1.165) is 18.8 Å². The van der Waals surface area contributed by atoms with Crippen LogP contribution in [0.5, 0.6) is 5.88 Å². The molecule has 0 aromatic carbocycles. The van der Waals surface area contributed by atoms with Gasteiger partial charge in [0.05, 0.1) is 19.0 Å². The van der Waals surface area contributed by atoms with E-state index in [1.165, 1.54) is 6.42 Å². The molecule has 0 radical (unpaired) electrons. The smallest absolute Gasteiger partial charge is 0.410 e. The molecular weight excluding hydrogens is 294 g/mol. The lowest BCUT2D eigenvalue weighted by Gasteiger charge is -2.53. The molecule has 6 nitrogen and oxygen atoms in total. The van der Waals surface area contributed by atoms with Gasteiger partial charge in [0.1, 0.15) is 5.60 Å². The molecule has 1 aromatic heterocycles. The monoisotopic (exact) mass is 319 g/mol. The summed E-state index contributed by atoms with van der Waals surface area (Å²) in [5.41, 5.74) is 0.557. The van der Waals surface area contributed by atoms with Crippen LogP contribution in [-0.4, -0.2) is 47.8 Å². The van der Waals surface area contributed by atoms with Crippen molar-refractivity contribution in [2.24, 2.45) is 11.8 Å². The highest BCUT2D eigenvalue weighted by Crippen LogP contribution is 2.42. The molecule has 1 amide bonds. The van der Waals surface area contributed by atoms with Gasteiger partial charge in [0.25, 0.3) is 0 Å². The van der Waals surface area contributed by atoms with E-state index in [2.05, 4.69) is 10.3 Å². The Kier molecular flexibility index (Phi) is 4.08. The number of hydrogen-bond donors (Lipinski definition) is 1.